The number of rotatable bonds is 7. The molecule has 1 saturated carbocycles. The molecule has 20 heavy (non-hydrogen) atoms. The molecule has 0 unspecified atom stereocenters. The van der Waals surface area contributed by atoms with Gasteiger partial charge in [0, 0.05) is 18.7 Å². The molecule has 1 fully saturated rings. The van der Waals surface area contributed by atoms with Gasteiger partial charge in [0.25, 0.3) is 0 Å². The van der Waals surface area contributed by atoms with Crippen molar-refractivity contribution in [3.05, 3.63) is 35.6 Å². The molecule has 0 aromatic heterocycles. The zero-order valence-corrected chi connectivity index (χ0v) is 12.6. The Kier molecular flexibility index (Phi) is 4.78. The maximum absolute atomic E-state index is 13.9. The molecule has 0 bridgehead atoms. The van der Waals surface area contributed by atoms with Crippen LogP contribution in [0, 0.1) is 5.82 Å². The predicted molar refractivity (Wildman–Crippen MR) is 75.3 cm³/mol. The van der Waals surface area contributed by atoms with Crippen molar-refractivity contribution in [2.75, 3.05) is 19.5 Å². The van der Waals surface area contributed by atoms with Gasteiger partial charge in [0.2, 0.25) is 10.0 Å². The highest BCUT2D eigenvalue weighted by molar-refractivity contribution is 7.89. The van der Waals surface area contributed by atoms with Crippen LogP contribution in [0.3, 0.4) is 0 Å². The van der Waals surface area contributed by atoms with Crippen LogP contribution in [0.15, 0.2) is 24.3 Å². The largest absolute Gasteiger partial charge is 0.384 e. The van der Waals surface area contributed by atoms with Gasteiger partial charge < -0.3 is 4.74 Å². The molecule has 0 saturated heterocycles. The third-order valence-corrected chi connectivity index (χ3v) is 5.45. The summed E-state index contributed by atoms with van der Waals surface area (Å²) in [6, 6.07) is 5.82. The first kappa shape index (κ1) is 15.4. The zero-order valence-electron chi connectivity index (χ0n) is 11.8. The molecule has 0 spiro atoms. The van der Waals surface area contributed by atoms with E-state index in [9.17, 15) is 12.8 Å². The van der Waals surface area contributed by atoms with Gasteiger partial charge in [-0.3, -0.25) is 0 Å². The van der Waals surface area contributed by atoms with Crippen molar-refractivity contribution in [3.8, 4) is 0 Å². The van der Waals surface area contributed by atoms with E-state index in [-0.39, 0.29) is 24.2 Å². The van der Waals surface area contributed by atoms with E-state index in [1.165, 1.54) is 17.5 Å². The van der Waals surface area contributed by atoms with Gasteiger partial charge in [-0.2, -0.15) is 4.31 Å². The van der Waals surface area contributed by atoms with Crippen molar-refractivity contribution < 1.29 is 17.5 Å². The van der Waals surface area contributed by atoms with Crippen LogP contribution in [0.2, 0.25) is 0 Å². The molecule has 112 valence electrons. The summed E-state index contributed by atoms with van der Waals surface area (Å²) in [6.45, 7) is 1.89. The van der Waals surface area contributed by atoms with Gasteiger partial charge in [0.1, 0.15) is 5.82 Å². The molecule has 0 heterocycles. The Hall–Kier alpha value is -0.980. The van der Waals surface area contributed by atoms with Crippen LogP contribution < -0.4 is 0 Å². The lowest BCUT2D eigenvalue weighted by Gasteiger charge is -2.28. The van der Waals surface area contributed by atoms with E-state index in [1.807, 2.05) is 0 Å². The highest BCUT2D eigenvalue weighted by atomic mass is 32.2. The average Bonchev–Trinajstić information content (AvgIpc) is 3.21. The molecule has 1 aromatic carbocycles. The quantitative estimate of drug-likeness (QED) is 0.776. The van der Waals surface area contributed by atoms with Crippen LogP contribution in [0.4, 0.5) is 4.39 Å². The number of hydrogen-bond donors (Lipinski definition) is 0. The minimum Gasteiger partial charge on any atom is -0.384 e. The maximum atomic E-state index is 13.9. The van der Waals surface area contributed by atoms with Crippen molar-refractivity contribution in [2.24, 2.45) is 0 Å². The van der Waals surface area contributed by atoms with Crippen molar-refractivity contribution in [1.29, 1.82) is 0 Å². The average molecular weight is 301 g/mol. The number of nitrogens with zero attached hydrogens (tertiary/aromatic N) is 1. The molecule has 0 amide bonds. The smallest absolute Gasteiger partial charge is 0.217 e. The fourth-order valence-electron chi connectivity index (χ4n) is 2.36. The predicted octanol–water partition coefficient (Wildman–Crippen LogP) is 2.33. The highest BCUT2D eigenvalue weighted by Gasteiger charge is 2.41. The number of sulfonamides is 1. The molecule has 1 aromatic rings. The van der Waals surface area contributed by atoms with Gasteiger partial charge in [-0.25, -0.2) is 12.8 Å². The summed E-state index contributed by atoms with van der Waals surface area (Å²) < 4.78 is 45.0. The lowest BCUT2D eigenvalue weighted by atomic mass is 10.1. The normalized spacial score (nSPS) is 17.4. The van der Waals surface area contributed by atoms with Crippen LogP contribution in [-0.4, -0.2) is 38.2 Å². The Balaban J connectivity index is 2.27. The van der Waals surface area contributed by atoms with Crippen LogP contribution in [0.1, 0.15) is 31.4 Å². The molecule has 1 aliphatic carbocycles. The van der Waals surface area contributed by atoms with Crippen LogP contribution in [-0.2, 0) is 14.8 Å². The number of benzene rings is 1. The first-order valence-electron chi connectivity index (χ1n) is 6.72. The second-order valence-corrected chi connectivity index (χ2v) is 7.06. The Morgan fingerprint density at radius 1 is 1.40 bits per heavy atom. The third kappa shape index (κ3) is 3.37. The second-order valence-electron chi connectivity index (χ2n) is 5.07. The molecule has 0 N–H and O–H groups in total. The summed E-state index contributed by atoms with van der Waals surface area (Å²) in [6.07, 6.45) is 1.68. The number of halogens is 1. The van der Waals surface area contributed by atoms with Crippen LogP contribution >= 0.6 is 0 Å². The fraction of sp³-hybridized carbons (Fsp3) is 0.571. The van der Waals surface area contributed by atoms with Crippen LogP contribution in [0.25, 0.3) is 0 Å². The van der Waals surface area contributed by atoms with E-state index in [2.05, 4.69) is 0 Å². The molecular weight excluding hydrogens is 281 g/mol. The summed E-state index contributed by atoms with van der Waals surface area (Å²) in [5, 5.41) is 0. The molecule has 0 radical (unpaired) electrons. The summed E-state index contributed by atoms with van der Waals surface area (Å²) >= 11 is 0. The number of methoxy groups -OCH3 is 1. The van der Waals surface area contributed by atoms with E-state index in [1.54, 1.807) is 25.1 Å². The number of hydrogen-bond acceptors (Lipinski definition) is 3. The monoisotopic (exact) mass is 301 g/mol. The summed E-state index contributed by atoms with van der Waals surface area (Å²) in [4.78, 5) is 0. The van der Waals surface area contributed by atoms with Gasteiger partial charge in [-0.1, -0.05) is 18.2 Å². The lowest BCUT2D eigenvalue weighted by Crippen LogP contribution is -2.38. The first-order valence-corrected chi connectivity index (χ1v) is 8.33. The topological polar surface area (TPSA) is 46.6 Å². The Bertz CT molecular complexity index is 557. The van der Waals surface area contributed by atoms with Gasteiger partial charge in [0.05, 0.1) is 18.4 Å². The van der Waals surface area contributed by atoms with Gasteiger partial charge in [-0.05, 0) is 25.8 Å². The summed E-state index contributed by atoms with van der Waals surface area (Å²) in [5.41, 5.74) is 0.417. The molecule has 2 rings (SSSR count). The Morgan fingerprint density at radius 2 is 2.05 bits per heavy atom. The summed E-state index contributed by atoms with van der Waals surface area (Å²) in [7, 11) is -1.97. The van der Waals surface area contributed by atoms with Gasteiger partial charge in [0.15, 0.2) is 0 Å². The van der Waals surface area contributed by atoms with E-state index < -0.39 is 16.1 Å². The molecule has 6 heteroatoms. The standard InChI is InChI=1S/C14H20FNO3S/c1-11(13-5-3-4-6-14(13)15)16(12-7-8-12)20(17,18)10-9-19-2/h3-6,11-12H,7-10H2,1-2H3/t11-/m0/s1. The highest BCUT2D eigenvalue weighted by Crippen LogP contribution is 2.37. The van der Waals surface area contributed by atoms with Crippen molar-refractivity contribution in [2.45, 2.75) is 31.8 Å². The molecular formula is C14H20FNO3S. The third-order valence-electron chi connectivity index (χ3n) is 3.51. The van der Waals surface area contributed by atoms with E-state index in [0.717, 1.165) is 12.8 Å². The minimum absolute atomic E-state index is 0.00791. The molecule has 1 atom stereocenters. The molecule has 4 nitrogen and oxygen atoms in total. The zero-order chi connectivity index (χ0) is 14.8. The Morgan fingerprint density at radius 3 is 2.60 bits per heavy atom. The van der Waals surface area contributed by atoms with Crippen molar-refractivity contribution in [3.63, 3.8) is 0 Å². The van der Waals surface area contributed by atoms with Crippen LogP contribution in [0.5, 0.6) is 0 Å². The van der Waals surface area contributed by atoms with E-state index in [4.69, 9.17) is 4.74 Å². The second kappa shape index (κ2) is 6.20. The van der Waals surface area contributed by atoms with Gasteiger partial charge >= 0.3 is 0 Å². The van der Waals surface area contributed by atoms with E-state index >= 15 is 0 Å². The fourth-order valence-corrected chi connectivity index (χ4v) is 4.21. The van der Waals surface area contributed by atoms with Crippen molar-refractivity contribution in [1.82, 2.24) is 4.31 Å². The number of ether oxygens (including phenoxy) is 1. The van der Waals surface area contributed by atoms with E-state index in [0.29, 0.717) is 5.56 Å². The minimum atomic E-state index is -3.44. The molecule has 0 aliphatic heterocycles. The SMILES string of the molecule is COCCS(=O)(=O)N(C1CC1)[C@@H](C)c1ccccc1F. The van der Waals surface area contributed by atoms with Crippen molar-refractivity contribution >= 4 is 10.0 Å². The Labute approximate surface area is 119 Å². The van der Waals surface area contributed by atoms with Gasteiger partial charge in [-0.15, -0.1) is 0 Å². The first-order chi connectivity index (χ1) is 9.47. The summed E-state index contributed by atoms with van der Waals surface area (Å²) in [5.74, 6) is -0.439. The molecule has 1 aliphatic rings. The lowest BCUT2D eigenvalue weighted by molar-refractivity contribution is 0.214. The maximum Gasteiger partial charge on any atom is 0.217 e.